The van der Waals surface area contributed by atoms with Crippen molar-refractivity contribution in [1.29, 1.82) is 5.41 Å². The first-order valence-corrected chi connectivity index (χ1v) is 14.2. The summed E-state index contributed by atoms with van der Waals surface area (Å²) in [5, 5.41) is 17.2. The number of nitrogens with one attached hydrogen (secondary N) is 4. The summed E-state index contributed by atoms with van der Waals surface area (Å²) in [6.07, 6.45) is 8.63. The molecule has 41 heavy (non-hydrogen) atoms. The van der Waals surface area contributed by atoms with Crippen molar-refractivity contribution in [2.75, 3.05) is 57.6 Å². The van der Waals surface area contributed by atoms with E-state index in [1.54, 1.807) is 7.11 Å². The van der Waals surface area contributed by atoms with Crippen LogP contribution in [0.4, 0.5) is 11.5 Å². The quantitative estimate of drug-likeness (QED) is 0.256. The molecule has 11 heteroatoms. The molecule has 5 rings (SSSR count). The molecule has 1 amide bonds. The third-order valence-corrected chi connectivity index (χ3v) is 8.17. The van der Waals surface area contributed by atoms with Crippen LogP contribution in [-0.4, -0.2) is 97.5 Å². The molecule has 2 aromatic rings. The average Bonchev–Trinajstić information content (AvgIpc) is 3.01. The highest BCUT2D eigenvalue weighted by Gasteiger charge is 2.32. The second kappa shape index (κ2) is 13.1. The number of piperidine rings is 1. The Bertz CT molecular complexity index is 1300. The van der Waals surface area contributed by atoms with Crippen molar-refractivity contribution in [2.45, 2.75) is 44.4 Å². The smallest absolute Gasteiger partial charge is 0.211 e. The van der Waals surface area contributed by atoms with Gasteiger partial charge >= 0.3 is 0 Å². The molecule has 4 N–H and O–H groups in total. The summed E-state index contributed by atoms with van der Waals surface area (Å²) in [4.78, 5) is 25.5. The Kier molecular flexibility index (Phi) is 9.15. The van der Waals surface area contributed by atoms with Gasteiger partial charge in [-0.05, 0) is 25.8 Å². The zero-order valence-corrected chi connectivity index (χ0v) is 24.0. The maximum absolute atomic E-state index is 11.6. The SMILES string of the molecule is CNc1cc(-c2cc(NC3CC(NC=O)=C(N4CCC(N5CCO[C@H](C)C5)CC4)C=C3OC)ncn2)ccc1C=N. The molecule has 0 radical (unpaired) electrons. The molecular formula is C30H40N8O3. The Morgan fingerprint density at radius 1 is 1.17 bits per heavy atom. The summed E-state index contributed by atoms with van der Waals surface area (Å²) in [6.45, 7) is 6.77. The first-order chi connectivity index (χ1) is 20.0. The minimum atomic E-state index is -0.213. The second-order valence-electron chi connectivity index (χ2n) is 10.7. The molecule has 2 saturated heterocycles. The van der Waals surface area contributed by atoms with Gasteiger partial charge in [-0.25, -0.2) is 9.97 Å². The predicted octanol–water partition coefficient (Wildman–Crippen LogP) is 3.04. The lowest BCUT2D eigenvalue weighted by Gasteiger charge is -2.43. The van der Waals surface area contributed by atoms with Gasteiger partial charge in [-0.3, -0.25) is 9.69 Å². The molecule has 1 unspecified atom stereocenters. The zero-order valence-electron chi connectivity index (χ0n) is 24.0. The lowest BCUT2D eigenvalue weighted by molar-refractivity contribution is -0.109. The number of anilines is 2. The maximum atomic E-state index is 11.6. The van der Waals surface area contributed by atoms with Gasteiger partial charge in [0.2, 0.25) is 6.41 Å². The van der Waals surface area contributed by atoms with Crippen molar-refractivity contribution >= 4 is 24.1 Å². The molecule has 0 bridgehead atoms. The minimum Gasteiger partial charge on any atom is -0.499 e. The number of amides is 1. The lowest BCUT2D eigenvalue weighted by Crippen LogP contribution is -2.51. The largest absolute Gasteiger partial charge is 0.499 e. The molecule has 2 aliphatic heterocycles. The van der Waals surface area contributed by atoms with Crippen LogP contribution in [-0.2, 0) is 14.3 Å². The molecule has 3 heterocycles. The summed E-state index contributed by atoms with van der Waals surface area (Å²) in [6, 6.07) is 8.05. The predicted molar refractivity (Wildman–Crippen MR) is 160 cm³/mol. The van der Waals surface area contributed by atoms with Crippen molar-refractivity contribution in [1.82, 2.24) is 25.1 Å². The topological polar surface area (TPSA) is 128 Å². The third kappa shape index (κ3) is 6.52. The Labute approximate surface area is 241 Å². The molecule has 0 saturated carbocycles. The number of hydrogen-bond donors (Lipinski definition) is 4. The van der Waals surface area contributed by atoms with Gasteiger partial charge in [-0.2, -0.15) is 0 Å². The van der Waals surface area contributed by atoms with Gasteiger partial charge in [0.25, 0.3) is 0 Å². The molecule has 1 aromatic carbocycles. The number of rotatable bonds is 10. The molecular weight excluding hydrogens is 520 g/mol. The van der Waals surface area contributed by atoms with E-state index >= 15 is 0 Å². The molecule has 1 aromatic heterocycles. The van der Waals surface area contributed by atoms with E-state index in [1.807, 2.05) is 37.4 Å². The van der Waals surface area contributed by atoms with Crippen LogP contribution < -0.4 is 16.0 Å². The number of ether oxygens (including phenoxy) is 2. The van der Waals surface area contributed by atoms with Crippen LogP contribution in [0.15, 0.2) is 53.8 Å². The summed E-state index contributed by atoms with van der Waals surface area (Å²) in [7, 11) is 3.51. The third-order valence-electron chi connectivity index (χ3n) is 8.17. The number of likely N-dealkylation sites (tertiary alicyclic amines) is 1. The van der Waals surface area contributed by atoms with E-state index in [9.17, 15) is 4.79 Å². The number of morpholine rings is 1. The van der Waals surface area contributed by atoms with Crippen LogP contribution in [0.25, 0.3) is 11.3 Å². The summed E-state index contributed by atoms with van der Waals surface area (Å²) in [5.41, 5.74) is 5.21. The van der Waals surface area contributed by atoms with E-state index in [1.165, 1.54) is 12.5 Å². The molecule has 1 aliphatic carbocycles. The van der Waals surface area contributed by atoms with Crippen LogP contribution >= 0.6 is 0 Å². The van der Waals surface area contributed by atoms with E-state index in [2.05, 4.69) is 42.6 Å². The van der Waals surface area contributed by atoms with Crippen LogP contribution in [0.1, 0.15) is 31.7 Å². The van der Waals surface area contributed by atoms with Crippen LogP contribution in [0, 0.1) is 5.41 Å². The summed E-state index contributed by atoms with van der Waals surface area (Å²) in [5.74, 6) is 1.44. The fourth-order valence-electron chi connectivity index (χ4n) is 6.02. The Hall–Kier alpha value is -3.96. The van der Waals surface area contributed by atoms with Gasteiger partial charge in [0.05, 0.1) is 37.3 Å². The Morgan fingerprint density at radius 3 is 2.71 bits per heavy atom. The Morgan fingerprint density at radius 2 is 2.00 bits per heavy atom. The first-order valence-electron chi connectivity index (χ1n) is 14.2. The number of carbonyl (C=O) groups is 1. The zero-order chi connectivity index (χ0) is 28.8. The standard InChI is InChI=1S/C30H40N8O3/c1-20-17-38(10-11-41-20)23-6-8-37(9-7-23)28-15-29(40-3)27(13-26(28)35-19-39)36-30-14-25(33-18-34-30)21-4-5-22(16-31)24(12-21)32-2/h4-5,12,14-16,18-20,23,27,31-32H,6-11,13,17H2,1-3H3,(H,35,39)(H,33,34,36)/t20-,27?/m1/s1. The normalized spacial score (nSPS) is 22.1. The number of benzene rings is 1. The monoisotopic (exact) mass is 560 g/mol. The summed E-state index contributed by atoms with van der Waals surface area (Å²) < 4.78 is 11.6. The highest BCUT2D eigenvalue weighted by Crippen LogP contribution is 2.31. The molecule has 218 valence electrons. The maximum Gasteiger partial charge on any atom is 0.211 e. The molecule has 11 nitrogen and oxygen atoms in total. The number of methoxy groups -OCH3 is 1. The minimum absolute atomic E-state index is 0.213. The van der Waals surface area contributed by atoms with E-state index in [0.717, 1.165) is 91.7 Å². The van der Waals surface area contributed by atoms with Crippen molar-refractivity contribution < 1.29 is 14.3 Å². The van der Waals surface area contributed by atoms with Crippen molar-refractivity contribution in [3.05, 3.63) is 59.4 Å². The van der Waals surface area contributed by atoms with Crippen molar-refractivity contribution in [2.24, 2.45) is 0 Å². The van der Waals surface area contributed by atoms with Crippen LogP contribution in [0.3, 0.4) is 0 Å². The van der Waals surface area contributed by atoms with Crippen molar-refractivity contribution in [3.63, 3.8) is 0 Å². The number of hydrogen-bond acceptors (Lipinski definition) is 10. The van der Waals surface area contributed by atoms with Crippen LogP contribution in [0.5, 0.6) is 0 Å². The highest BCUT2D eigenvalue weighted by atomic mass is 16.5. The highest BCUT2D eigenvalue weighted by molar-refractivity contribution is 5.87. The summed E-state index contributed by atoms with van der Waals surface area (Å²) >= 11 is 0. The van der Waals surface area contributed by atoms with Gasteiger partial charge in [0.15, 0.2) is 0 Å². The number of aromatic nitrogens is 2. The number of carbonyl (C=O) groups excluding carboxylic acids is 1. The van der Waals surface area contributed by atoms with E-state index in [4.69, 9.17) is 14.9 Å². The van der Waals surface area contributed by atoms with Crippen molar-refractivity contribution in [3.8, 4) is 11.3 Å². The lowest BCUT2D eigenvalue weighted by atomic mass is 9.96. The fourth-order valence-corrected chi connectivity index (χ4v) is 6.02. The number of nitrogens with zero attached hydrogens (tertiary/aromatic N) is 4. The van der Waals surface area contributed by atoms with Crippen LogP contribution in [0.2, 0.25) is 0 Å². The van der Waals surface area contributed by atoms with E-state index in [0.29, 0.717) is 18.3 Å². The molecule has 2 fully saturated rings. The second-order valence-corrected chi connectivity index (χ2v) is 10.7. The van der Waals surface area contributed by atoms with Gasteiger partial charge in [0.1, 0.15) is 17.9 Å². The number of allylic oxidation sites excluding steroid dienone is 1. The van der Waals surface area contributed by atoms with E-state index < -0.39 is 0 Å². The van der Waals surface area contributed by atoms with Gasteiger partial charge in [0, 0.05) is 86.6 Å². The first kappa shape index (κ1) is 28.6. The van der Waals surface area contributed by atoms with Gasteiger partial charge in [-0.1, -0.05) is 12.1 Å². The van der Waals surface area contributed by atoms with Gasteiger partial charge in [-0.15, -0.1) is 0 Å². The van der Waals surface area contributed by atoms with E-state index in [-0.39, 0.29) is 12.1 Å². The molecule has 0 spiro atoms. The molecule has 3 aliphatic rings. The molecule has 2 atom stereocenters. The Balaban J connectivity index is 1.30. The van der Waals surface area contributed by atoms with Gasteiger partial charge < -0.3 is 35.7 Å². The average molecular weight is 561 g/mol. The fraction of sp³-hybridized carbons (Fsp3) is 0.467.